The maximum absolute atomic E-state index is 12.8. The second-order valence-electron chi connectivity index (χ2n) is 5.67. The van der Waals surface area contributed by atoms with Crippen molar-refractivity contribution < 1.29 is 14.0 Å². The van der Waals surface area contributed by atoms with Gasteiger partial charge in [0.2, 0.25) is 11.8 Å². The van der Waals surface area contributed by atoms with Crippen molar-refractivity contribution in [1.82, 2.24) is 4.90 Å². The zero-order valence-electron chi connectivity index (χ0n) is 13.1. The predicted octanol–water partition coefficient (Wildman–Crippen LogP) is 1.84. The predicted molar refractivity (Wildman–Crippen MR) is 90.7 cm³/mol. The smallest absolute Gasteiger partial charge is 0.235 e. The van der Waals surface area contributed by atoms with Crippen LogP contribution in [0.4, 0.5) is 10.1 Å². The van der Waals surface area contributed by atoms with Gasteiger partial charge in [-0.25, -0.2) is 4.39 Å². The Morgan fingerprint density at radius 3 is 2.57 bits per heavy atom. The molecule has 0 radical (unpaired) electrons. The zero-order valence-corrected chi connectivity index (χ0v) is 13.9. The van der Waals surface area contributed by atoms with Gasteiger partial charge in [0, 0.05) is 24.8 Å². The van der Waals surface area contributed by atoms with E-state index in [9.17, 15) is 14.0 Å². The molecule has 1 heterocycles. The molecule has 0 aromatic heterocycles. The number of nitrogens with one attached hydrogen (secondary N) is 1. The van der Waals surface area contributed by atoms with Gasteiger partial charge in [-0.3, -0.25) is 9.59 Å². The minimum absolute atomic E-state index is 0.0523. The topological polar surface area (TPSA) is 75.4 Å². The standard InChI is InChI=1S/C16H22FN3O2S/c1-11(16(22)20-8-6-13(18)7-9-20)23-10-15(21)19-14-4-2-12(17)3-5-14/h2-5,11,13H,6-10,18H2,1H3,(H,19,21). The van der Waals surface area contributed by atoms with Gasteiger partial charge < -0.3 is 16.0 Å². The van der Waals surface area contributed by atoms with Gasteiger partial charge in [0.1, 0.15) is 5.82 Å². The van der Waals surface area contributed by atoms with Crippen LogP contribution in [0.1, 0.15) is 19.8 Å². The molecular weight excluding hydrogens is 317 g/mol. The molecule has 0 bridgehead atoms. The molecule has 1 aliphatic rings. The number of nitrogens with zero attached hydrogens (tertiary/aromatic N) is 1. The average Bonchev–Trinajstić information content (AvgIpc) is 2.55. The Morgan fingerprint density at radius 2 is 1.96 bits per heavy atom. The fraction of sp³-hybridized carbons (Fsp3) is 0.500. The SMILES string of the molecule is CC(SCC(=O)Nc1ccc(F)cc1)C(=O)N1CCC(N)CC1. The summed E-state index contributed by atoms with van der Waals surface area (Å²) in [5.41, 5.74) is 6.38. The summed E-state index contributed by atoms with van der Waals surface area (Å²) in [6.07, 6.45) is 1.66. The van der Waals surface area contributed by atoms with Gasteiger partial charge in [0.15, 0.2) is 0 Å². The zero-order chi connectivity index (χ0) is 16.8. The van der Waals surface area contributed by atoms with Crippen LogP contribution in [0.5, 0.6) is 0 Å². The molecule has 1 atom stereocenters. The molecule has 1 fully saturated rings. The van der Waals surface area contributed by atoms with Crippen LogP contribution < -0.4 is 11.1 Å². The number of carbonyl (C=O) groups excluding carboxylic acids is 2. The first kappa shape index (κ1) is 17.7. The van der Waals surface area contributed by atoms with Crippen LogP contribution >= 0.6 is 11.8 Å². The van der Waals surface area contributed by atoms with E-state index in [2.05, 4.69) is 5.32 Å². The number of anilines is 1. The highest BCUT2D eigenvalue weighted by atomic mass is 32.2. The molecule has 0 aliphatic carbocycles. The molecule has 0 saturated carbocycles. The molecule has 1 saturated heterocycles. The minimum atomic E-state index is -0.349. The number of thioether (sulfide) groups is 1. The number of piperidine rings is 1. The largest absolute Gasteiger partial charge is 0.342 e. The van der Waals surface area contributed by atoms with Crippen molar-refractivity contribution in [2.24, 2.45) is 5.73 Å². The quantitative estimate of drug-likeness (QED) is 0.858. The Kier molecular flexibility index (Phi) is 6.41. The summed E-state index contributed by atoms with van der Waals surface area (Å²) in [4.78, 5) is 26.0. The van der Waals surface area contributed by atoms with Gasteiger partial charge in [0.25, 0.3) is 0 Å². The maximum Gasteiger partial charge on any atom is 0.235 e. The van der Waals surface area contributed by atoms with Gasteiger partial charge in [-0.05, 0) is 44.0 Å². The van der Waals surface area contributed by atoms with E-state index < -0.39 is 0 Å². The lowest BCUT2D eigenvalue weighted by atomic mass is 10.1. The van der Waals surface area contributed by atoms with Crippen molar-refractivity contribution in [2.45, 2.75) is 31.1 Å². The van der Waals surface area contributed by atoms with E-state index in [1.165, 1.54) is 36.0 Å². The van der Waals surface area contributed by atoms with Crippen molar-refractivity contribution >= 4 is 29.3 Å². The molecular formula is C16H22FN3O2S. The monoisotopic (exact) mass is 339 g/mol. The highest BCUT2D eigenvalue weighted by molar-refractivity contribution is 8.01. The molecule has 1 aromatic carbocycles. The van der Waals surface area contributed by atoms with Gasteiger partial charge in [-0.1, -0.05) is 0 Å². The lowest BCUT2D eigenvalue weighted by Gasteiger charge is -2.31. The van der Waals surface area contributed by atoms with Crippen LogP contribution in [0.2, 0.25) is 0 Å². The highest BCUT2D eigenvalue weighted by Crippen LogP contribution is 2.17. The Morgan fingerprint density at radius 1 is 1.35 bits per heavy atom. The molecule has 1 unspecified atom stereocenters. The first-order valence-corrected chi connectivity index (χ1v) is 8.72. The first-order chi connectivity index (χ1) is 11.0. The number of halogens is 1. The number of rotatable bonds is 5. The second-order valence-corrected chi connectivity index (χ2v) is 7.00. The van der Waals surface area contributed by atoms with Gasteiger partial charge in [-0.2, -0.15) is 0 Å². The number of carbonyl (C=O) groups is 2. The maximum atomic E-state index is 12.8. The summed E-state index contributed by atoms with van der Waals surface area (Å²) in [5.74, 6) is -0.325. The third-order valence-electron chi connectivity index (χ3n) is 3.79. The lowest BCUT2D eigenvalue weighted by Crippen LogP contribution is -2.45. The average molecular weight is 339 g/mol. The van der Waals surface area contributed by atoms with Crippen LogP contribution in [0.15, 0.2) is 24.3 Å². The molecule has 1 aliphatic heterocycles. The Hall–Kier alpha value is -1.60. The second kappa shape index (κ2) is 8.31. The van der Waals surface area contributed by atoms with Crippen molar-refractivity contribution in [3.05, 3.63) is 30.1 Å². The van der Waals surface area contributed by atoms with E-state index in [0.717, 1.165) is 12.8 Å². The van der Waals surface area contributed by atoms with E-state index in [4.69, 9.17) is 5.73 Å². The molecule has 3 N–H and O–H groups in total. The number of likely N-dealkylation sites (tertiary alicyclic amines) is 1. The van der Waals surface area contributed by atoms with Gasteiger partial charge >= 0.3 is 0 Å². The fourth-order valence-electron chi connectivity index (χ4n) is 2.38. The molecule has 2 rings (SSSR count). The van der Waals surface area contributed by atoms with E-state index in [-0.39, 0.29) is 34.7 Å². The van der Waals surface area contributed by atoms with Crippen molar-refractivity contribution in [2.75, 3.05) is 24.2 Å². The summed E-state index contributed by atoms with van der Waals surface area (Å²) in [5, 5.41) is 2.41. The van der Waals surface area contributed by atoms with Crippen LogP contribution in [0.3, 0.4) is 0 Å². The van der Waals surface area contributed by atoms with Crippen molar-refractivity contribution in [3.8, 4) is 0 Å². The van der Waals surface area contributed by atoms with Crippen molar-refractivity contribution in [1.29, 1.82) is 0 Å². The van der Waals surface area contributed by atoms with E-state index >= 15 is 0 Å². The molecule has 1 aromatic rings. The van der Waals surface area contributed by atoms with Gasteiger partial charge in [-0.15, -0.1) is 11.8 Å². The number of hydrogen-bond acceptors (Lipinski definition) is 4. The molecule has 5 nitrogen and oxygen atoms in total. The molecule has 7 heteroatoms. The summed E-state index contributed by atoms with van der Waals surface area (Å²) in [6, 6.07) is 5.77. The number of benzene rings is 1. The molecule has 23 heavy (non-hydrogen) atoms. The summed E-state index contributed by atoms with van der Waals surface area (Å²) in [7, 11) is 0. The Balaban J connectivity index is 1.74. The Bertz CT molecular complexity index is 545. The number of hydrogen-bond donors (Lipinski definition) is 2. The first-order valence-electron chi connectivity index (χ1n) is 7.67. The summed E-state index contributed by atoms with van der Waals surface area (Å²) >= 11 is 1.30. The fourth-order valence-corrected chi connectivity index (χ4v) is 3.14. The minimum Gasteiger partial charge on any atom is -0.342 e. The normalized spacial score (nSPS) is 16.9. The summed E-state index contributed by atoms with van der Waals surface area (Å²) < 4.78 is 12.8. The Labute approximate surface area is 139 Å². The third-order valence-corrected chi connectivity index (χ3v) is 4.92. The van der Waals surface area contributed by atoms with Gasteiger partial charge in [0.05, 0.1) is 11.0 Å². The van der Waals surface area contributed by atoms with Crippen LogP contribution in [-0.2, 0) is 9.59 Å². The molecule has 2 amide bonds. The number of nitrogens with two attached hydrogens (primary N) is 1. The summed E-state index contributed by atoms with van der Waals surface area (Å²) in [6.45, 7) is 3.19. The number of amides is 2. The van der Waals surface area contributed by atoms with Crippen LogP contribution in [-0.4, -0.2) is 46.8 Å². The van der Waals surface area contributed by atoms with Crippen molar-refractivity contribution in [3.63, 3.8) is 0 Å². The highest BCUT2D eigenvalue weighted by Gasteiger charge is 2.25. The molecule has 126 valence electrons. The lowest BCUT2D eigenvalue weighted by molar-refractivity contribution is -0.131. The third kappa shape index (κ3) is 5.51. The van der Waals surface area contributed by atoms with E-state index in [1.807, 2.05) is 11.8 Å². The van der Waals surface area contributed by atoms with E-state index in [1.54, 1.807) is 0 Å². The van der Waals surface area contributed by atoms with Crippen LogP contribution in [0.25, 0.3) is 0 Å². The van der Waals surface area contributed by atoms with Crippen LogP contribution in [0, 0.1) is 5.82 Å². The molecule has 0 spiro atoms. The van der Waals surface area contributed by atoms with E-state index in [0.29, 0.717) is 18.8 Å².